The first-order valence-corrected chi connectivity index (χ1v) is 7.22. The first-order valence-electron chi connectivity index (χ1n) is 7.22. The number of aromatic nitrogens is 4. The van der Waals surface area contributed by atoms with E-state index in [-0.39, 0.29) is 18.2 Å². The van der Waals surface area contributed by atoms with Crippen molar-refractivity contribution in [2.24, 2.45) is 0 Å². The van der Waals surface area contributed by atoms with Gasteiger partial charge in [0, 0.05) is 18.0 Å². The van der Waals surface area contributed by atoms with Crippen LogP contribution >= 0.6 is 0 Å². The highest BCUT2D eigenvalue weighted by Crippen LogP contribution is 2.36. The van der Waals surface area contributed by atoms with Crippen molar-refractivity contribution in [1.82, 2.24) is 20.0 Å². The molecule has 0 amide bonds. The molecule has 3 aromatic rings. The quantitative estimate of drug-likeness (QED) is 0.639. The van der Waals surface area contributed by atoms with Gasteiger partial charge in [0.05, 0.1) is 29.6 Å². The zero-order chi connectivity index (χ0) is 18.9. The Kier molecular flexibility index (Phi) is 4.43. The van der Waals surface area contributed by atoms with Gasteiger partial charge in [0.25, 0.3) is 0 Å². The normalized spacial score (nSPS) is 12.4. The second-order valence-electron chi connectivity index (χ2n) is 5.43. The summed E-state index contributed by atoms with van der Waals surface area (Å²) in [7, 11) is 0. The van der Waals surface area contributed by atoms with Crippen LogP contribution in [0.2, 0.25) is 0 Å². The molecule has 0 bridgehead atoms. The Bertz CT molecular complexity index is 867. The minimum absolute atomic E-state index is 0.0901. The molecule has 4 nitrogen and oxygen atoms in total. The van der Waals surface area contributed by atoms with Crippen LogP contribution in [0, 0.1) is 0 Å². The van der Waals surface area contributed by atoms with Crippen molar-refractivity contribution < 1.29 is 26.3 Å². The van der Waals surface area contributed by atoms with E-state index in [1.54, 1.807) is 12.1 Å². The Morgan fingerprint density at radius 3 is 2.08 bits per heavy atom. The molecule has 0 aliphatic rings. The van der Waals surface area contributed by atoms with Crippen molar-refractivity contribution in [2.45, 2.75) is 18.9 Å². The minimum atomic E-state index is -4.90. The standard InChI is InChI=1S/C16H10F6N4/c17-15(18,19)12-4-10(5-13(6-12)16(20,21)22)9-26-14(8-24-25-26)11-2-1-3-23-7-11/h1-8H,9H2. The number of hydrogen-bond acceptors (Lipinski definition) is 3. The number of alkyl halides is 6. The van der Waals surface area contributed by atoms with Crippen molar-refractivity contribution in [1.29, 1.82) is 0 Å². The predicted molar refractivity (Wildman–Crippen MR) is 78.8 cm³/mol. The number of benzene rings is 1. The van der Waals surface area contributed by atoms with Crippen molar-refractivity contribution in [3.05, 3.63) is 65.6 Å². The lowest BCUT2D eigenvalue weighted by Crippen LogP contribution is -2.13. The fourth-order valence-corrected chi connectivity index (χ4v) is 2.40. The van der Waals surface area contributed by atoms with Gasteiger partial charge in [0.2, 0.25) is 0 Å². The molecule has 136 valence electrons. The van der Waals surface area contributed by atoms with Crippen LogP contribution in [0.4, 0.5) is 26.3 Å². The molecule has 10 heteroatoms. The molecule has 0 saturated heterocycles. The van der Waals surface area contributed by atoms with E-state index in [0.717, 1.165) is 0 Å². The fraction of sp³-hybridized carbons (Fsp3) is 0.188. The zero-order valence-corrected chi connectivity index (χ0v) is 12.9. The van der Waals surface area contributed by atoms with Gasteiger partial charge in [-0.25, -0.2) is 4.68 Å². The number of hydrogen-bond donors (Lipinski definition) is 0. The van der Waals surface area contributed by atoms with Gasteiger partial charge in [-0.1, -0.05) is 5.21 Å². The van der Waals surface area contributed by atoms with Gasteiger partial charge in [-0.2, -0.15) is 26.3 Å². The third kappa shape index (κ3) is 3.84. The molecule has 0 spiro atoms. The van der Waals surface area contributed by atoms with Crippen LogP contribution in [0.5, 0.6) is 0 Å². The average Bonchev–Trinajstić information content (AvgIpc) is 3.02. The molecule has 3 rings (SSSR count). The molecule has 26 heavy (non-hydrogen) atoms. The molecule has 0 saturated carbocycles. The third-order valence-corrected chi connectivity index (χ3v) is 3.55. The molecule has 2 aromatic heterocycles. The Morgan fingerprint density at radius 2 is 1.54 bits per heavy atom. The summed E-state index contributed by atoms with van der Waals surface area (Å²) < 4.78 is 78.9. The lowest BCUT2D eigenvalue weighted by molar-refractivity contribution is -0.143. The summed E-state index contributed by atoms with van der Waals surface area (Å²) in [6.45, 7) is -0.308. The van der Waals surface area contributed by atoms with Gasteiger partial charge in [0.15, 0.2) is 0 Å². The van der Waals surface area contributed by atoms with E-state index < -0.39 is 23.5 Å². The molecule has 0 aliphatic heterocycles. The van der Waals surface area contributed by atoms with Crippen LogP contribution < -0.4 is 0 Å². The highest BCUT2D eigenvalue weighted by Gasteiger charge is 2.36. The number of rotatable bonds is 3. The predicted octanol–water partition coefficient (Wildman–Crippen LogP) is 4.43. The topological polar surface area (TPSA) is 43.6 Å². The summed E-state index contributed by atoms with van der Waals surface area (Å²) in [6, 6.07) is 4.74. The van der Waals surface area contributed by atoms with E-state index in [4.69, 9.17) is 0 Å². The lowest BCUT2D eigenvalue weighted by atomic mass is 10.0. The Balaban J connectivity index is 2.02. The van der Waals surface area contributed by atoms with Gasteiger partial charge in [-0.3, -0.25) is 4.98 Å². The van der Waals surface area contributed by atoms with E-state index in [0.29, 0.717) is 23.4 Å². The van der Waals surface area contributed by atoms with Crippen LogP contribution in [-0.2, 0) is 18.9 Å². The molecular weight excluding hydrogens is 362 g/mol. The van der Waals surface area contributed by atoms with E-state index in [1.165, 1.54) is 23.3 Å². The molecule has 0 unspecified atom stereocenters. The zero-order valence-electron chi connectivity index (χ0n) is 12.9. The van der Waals surface area contributed by atoms with E-state index in [9.17, 15) is 26.3 Å². The molecule has 0 fully saturated rings. The molecule has 0 N–H and O–H groups in total. The van der Waals surface area contributed by atoms with Crippen LogP contribution in [-0.4, -0.2) is 20.0 Å². The van der Waals surface area contributed by atoms with Crippen LogP contribution in [0.1, 0.15) is 16.7 Å². The number of nitrogens with zero attached hydrogens (tertiary/aromatic N) is 4. The smallest absolute Gasteiger partial charge is 0.264 e. The molecular formula is C16H10F6N4. The molecule has 2 heterocycles. The SMILES string of the molecule is FC(F)(F)c1cc(Cn2nncc2-c2cccnc2)cc(C(F)(F)F)c1. The first kappa shape index (κ1) is 17.9. The molecule has 0 radical (unpaired) electrons. The van der Waals surface area contributed by atoms with E-state index in [2.05, 4.69) is 15.3 Å². The monoisotopic (exact) mass is 372 g/mol. The highest BCUT2D eigenvalue weighted by atomic mass is 19.4. The van der Waals surface area contributed by atoms with Gasteiger partial charge < -0.3 is 0 Å². The van der Waals surface area contributed by atoms with Crippen molar-refractivity contribution in [3.8, 4) is 11.3 Å². The third-order valence-electron chi connectivity index (χ3n) is 3.55. The Hall–Kier alpha value is -2.91. The first-order chi connectivity index (χ1) is 12.1. The Labute approximate surface area is 143 Å². The number of pyridine rings is 1. The van der Waals surface area contributed by atoms with Gasteiger partial charge in [-0.05, 0) is 35.9 Å². The summed E-state index contributed by atoms with van der Waals surface area (Å²) in [6.07, 6.45) is -5.42. The highest BCUT2D eigenvalue weighted by molar-refractivity contribution is 5.56. The number of halogens is 6. The second-order valence-corrected chi connectivity index (χ2v) is 5.43. The summed E-state index contributed by atoms with van der Waals surface area (Å²) in [5.74, 6) is 0. The van der Waals surface area contributed by atoms with Crippen molar-refractivity contribution in [3.63, 3.8) is 0 Å². The van der Waals surface area contributed by atoms with Gasteiger partial charge in [0.1, 0.15) is 0 Å². The van der Waals surface area contributed by atoms with E-state index in [1.807, 2.05) is 0 Å². The van der Waals surface area contributed by atoms with Crippen LogP contribution in [0.3, 0.4) is 0 Å². The average molecular weight is 372 g/mol. The summed E-state index contributed by atoms with van der Waals surface area (Å²) in [5, 5.41) is 7.43. The molecule has 0 aliphatic carbocycles. The van der Waals surface area contributed by atoms with Gasteiger partial charge in [-0.15, -0.1) is 5.10 Å². The maximum atomic E-state index is 12.9. The lowest BCUT2D eigenvalue weighted by Gasteiger charge is -2.14. The van der Waals surface area contributed by atoms with E-state index >= 15 is 0 Å². The molecule has 0 atom stereocenters. The van der Waals surface area contributed by atoms with Crippen LogP contribution in [0.15, 0.2) is 48.9 Å². The fourth-order valence-electron chi connectivity index (χ4n) is 2.40. The summed E-state index contributed by atoms with van der Waals surface area (Å²) in [5.41, 5.74) is -1.93. The van der Waals surface area contributed by atoms with Crippen molar-refractivity contribution in [2.75, 3.05) is 0 Å². The maximum Gasteiger partial charge on any atom is 0.416 e. The second kappa shape index (κ2) is 6.43. The largest absolute Gasteiger partial charge is 0.416 e. The Morgan fingerprint density at radius 1 is 0.885 bits per heavy atom. The molecule has 1 aromatic carbocycles. The van der Waals surface area contributed by atoms with Crippen molar-refractivity contribution >= 4 is 0 Å². The minimum Gasteiger partial charge on any atom is -0.264 e. The van der Waals surface area contributed by atoms with Crippen LogP contribution in [0.25, 0.3) is 11.3 Å². The van der Waals surface area contributed by atoms with Gasteiger partial charge >= 0.3 is 12.4 Å². The summed E-state index contributed by atoms with van der Waals surface area (Å²) in [4.78, 5) is 3.92. The summed E-state index contributed by atoms with van der Waals surface area (Å²) >= 11 is 0. The maximum absolute atomic E-state index is 12.9.